The first-order valence-electron chi connectivity index (χ1n) is 14.1. The Hall–Kier alpha value is -2.08. The van der Waals surface area contributed by atoms with Crippen molar-refractivity contribution in [3.63, 3.8) is 0 Å². The molecule has 186 valence electrons. The van der Waals surface area contributed by atoms with Gasteiger partial charge in [-0.1, -0.05) is 83.3 Å². The Morgan fingerprint density at radius 1 is 0.912 bits per heavy atom. The van der Waals surface area contributed by atoms with Crippen molar-refractivity contribution < 1.29 is 9.53 Å². The summed E-state index contributed by atoms with van der Waals surface area (Å²) < 4.78 is 5.53. The van der Waals surface area contributed by atoms with E-state index in [4.69, 9.17) is 10.00 Å². The highest BCUT2D eigenvalue weighted by molar-refractivity contribution is 5.75. The number of hydrogen-bond acceptors (Lipinski definition) is 3. The van der Waals surface area contributed by atoms with Gasteiger partial charge in [-0.25, -0.2) is 0 Å². The fourth-order valence-electron chi connectivity index (χ4n) is 5.81. The second-order valence-electron chi connectivity index (χ2n) is 10.8. The highest BCUT2D eigenvalue weighted by Gasteiger charge is 2.27. The Labute approximate surface area is 208 Å². The Bertz CT molecular complexity index is 775. The van der Waals surface area contributed by atoms with Crippen LogP contribution in [0.1, 0.15) is 115 Å². The van der Waals surface area contributed by atoms with Gasteiger partial charge in [0, 0.05) is 0 Å². The first-order valence-corrected chi connectivity index (χ1v) is 14.1. The van der Waals surface area contributed by atoms with Crippen LogP contribution in [0.2, 0.25) is 0 Å². The molecule has 0 aliphatic heterocycles. The SMILES string of the molecule is CCCCCCCC1CCC(CC/C=C/C2CCC(C(=O)Oc3ccc(C#N)cc3)CC2)CC1. The molecule has 34 heavy (non-hydrogen) atoms. The van der Waals surface area contributed by atoms with Crippen molar-refractivity contribution in [3.8, 4) is 11.8 Å². The molecule has 3 nitrogen and oxygen atoms in total. The van der Waals surface area contributed by atoms with Crippen LogP contribution in [0.15, 0.2) is 36.4 Å². The Morgan fingerprint density at radius 3 is 2.21 bits per heavy atom. The van der Waals surface area contributed by atoms with E-state index in [0.717, 1.165) is 37.5 Å². The Morgan fingerprint density at radius 2 is 1.56 bits per heavy atom. The van der Waals surface area contributed by atoms with Crippen molar-refractivity contribution in [3.05, 3.63) is 42.0 Å². The van der Waals surface area contributed by atoms with Gasteiger partial charge in [0.1, 0.15) is 5.75 Å². The molecule has 0 radical (unpaired) electrons. The van der Waals surface area contributed by atoms with Crippen LogP contribution in [0.5, 0.6) is 5.75 Å². The molecule has 2 fully saturated rings. The van der Waals surface area contributed by atoms with Crippen molar-refractivity contribution >= 4 is 5.97 Å². The highest BCUT2D eigenvalue weighted by Crippen LogP contribution is 2.35. The minimum atomic E-state index is -0.122. The molecule has 0 bridgehead atoms. The maximum Gasteiger partial charge on any atom is 0.314 e. The lowest BCUT2D eigenvalue weighted by Gasteiger charge is -2.28. The van der Waals surface area contributed by atoms with Crippen LogP contribution in [-0.4, -0.2) is 5.97 Å². The predicted octanol–water partition coefficient (Wildman–Crippen LogP) is 8.77. The zero-order valence-corrected chi connectivity index (χ0v) is 21.4. The van der Waals surface area contributed by atoms with Gasteiger partial charge in [-0.15, -0.1) is 0 Å². The van der Waals surface area contributed by atoms with Crippen molar-refractivity contribution in [1.29, 1.82) is 5.26 Å². The molecule has 1 aromatic carbocycles. The Kier molecular flexibility index (Phi) is 11.7. The zero-order valence-electron chi connectivity index (χ0n) is 21.4. The third kappa shape index (κ3) is 9.28. The second kappa shape index (κ2) is 15.0. The quantitative estimate of drug-likeness (QED) is 0.135. The van der Waals surface area contributed by atoms with Crippen molar-refractivity contribution in [1.82, 2.24) is 0 Å². The largest absolute Gasteiger partial charge is 0.426 e. The smallest absolute Gasteiger partial charge is 0.314 e. The van der Waals surface area contributed by atoms with E-state index < -0.39 is 0 Å². The van der Waals surface area contributed by atoms with E-state index in [0.29, 0.717) is 17.2 Å². The molecule has 0 atom stereocenters. The van der Waals surface area contributed by atoms with E-state index in [2.05, 4.69) is 25.1 Å². The molecule has 0 N–H and O–H groups in total. The van der Waals surface area contributed by atoms with Gasteiger partial charge >= 0.3 is 5.97 Å². The maximum atomic E-state index is 12.5. The normalized spacial score (nSPS) is 25.2. The van der Waals surface area contributed by atoms with Crippen LogP contribution in [0.25, 0.3) is 0 Å². The van der Waals surface area contributed by atoms with Crippen LogP contribution in [0, 0.1) is 35.0 Å². The van der Waals surface area contributed by atoms with E-state index in [-0.39, 0.29) is 11.9 Å². The number of esters is 1. The third-order valence-electron chi connectivity index (χ3n) is 8.14. The number of rotatable bonds is 12. The van der Waals surface area contributed by atoms with Crippen LogP contribution < -0.4 is 4.74 Å². The molecule has 1 aromatic rings. The average Bonchev–Trinajstić information content (AvgIpc) is 2.88. The first-order chi connectivity index (χ1) is 16.7. The number of benzene rings is 1. The number of ether oxygens (including phenoxy) is 1. The summed E-state index contributed by atoms with van der Waals surface area (Å²) >= 11 is 0. The van der Waals surface area contributed by atoms with Gasteiger partial charge < -0.3 is 4.74 Å². The topological polar surface area (TPSA) is 50.1 Å². The molecular weight excluding hydrogens is 418 g/mol. The fourth-order valence-corrected chi connectivity index (χ4v) is 5.81. The van der Waals surface area contributed by atoms with Crippen molar-refractivity contribution in [2.24, 2.45) is 23.7 Å². The van der Waals surface area contributed by atoms with Crippen molar-refractivity contribution in [2.45, 2.75) is 110 Å². The number of carbonyl (C=O) groups is 1. The van der Waals surface area contributed by atoms with Gasteiger partial charge in [-0.05, 0) is 80.5 Å². The maximum absolute atomic E-state index is 12.5. The Balaban J connectivity index is 1.24. The van der Waals surface area contributed by atoms with Crippen LogP contribution in [-0.2, 0) is 4.79 Å². The summed E-state index contributed by atoms with van der Waals surface area (Å²) in [5.41, 5.74) is 0.577. The molecule has 3 heteroatoms. The molecule has 0 aromatic heterocycles. The zero-order chi connectivity index (χ0) is 24.0. The van der Waals surface area contributed by atoms with E-state index in [9.17, 15) is 4.79 Å². The summed E-state index contributed by atoms with van der Waals surface area (Å²) in [7, 11) is 0. The predicted molar refractivity (Wildman–Crippen MR) is 139 cm³/mol. The molecule has 2 aliphatic carbocycles. The molecule has 2 aliphatic rings. The van der Waals surface area contributed by atoms with Gasteiger partial charge in [0.2, 0.25) is 0 Å². The van der Waals surface area contributed by atoms with E-state index >= 15 is 0 Å². The van der Waals surface area contributed by atoms with E-state index in [1.807, 2.05) is 0 Å². The molecule has 0 saturated heterocycles. The standard InChI is InChI=1S/C31H45NO2/c1-2-3-4-5-6-9-25-12-14-26(15-13-25)10-7-8-11-27-16-20-29(21-17-27)31(33)34-30-22-18-28(24-32)19-23-30/h8,11,18-19,22-23,25-27,29H,2-7,9-10,12-17,20-21H2,1H3/b11-8+. The molecule has 0 heterocycles. The third-order valence-corrected chi connectivity index (χ3v) is 8.14. The second-order valence-corrected chi connectivity index (χ2v) is 10.8. The van der Waals surface area contributed by atoms with Gasteiger partial charge in [-0.3, -0.25) is 4.79 Å². The molecule has 2 saturated carbocycles. The van der Waals surface area contributed by atoms with Gasteiger partial charge in [0.15, 0.2) is 0 Å². The van der Waals surface area contributed by atoms with Gasteiger partial charge in [-0.2, -0.15) is 5.26 Å². The average molecular weight is 464 g/mol. The van der Waals surface area contributed by atoms with Crippen molar-refractivity contribution in [2.75, 3.05) is 0 Å². The first kappa shape index (κ1) is 26.5. The summed E-state index contributed by atoms with van der Waals surface area (Å²) in [6.07, 6.45) is 25.7. The summed E-state index contributed by atoms with van der Waals surface area (Å²) in [4.78, 5) is 12.5. The van der Waals surface area contributed by atoms with Crippen LogP contribution in [0.3, 0.4) is 0 Å². The minimum absolute atomic E-state index is 0.00197. The number of nitriles is 1. The lowest BCUT2D eigenvalue weighted by atomic mass is 9.78. The fraction of sp³-hybridized carbons (Fsp3) is 0.677. The lowest BCUT2D eigenvalue weighted by molar-refractivity contribution is -0.140. The van der Waals surface area contributed by atoms with E-state index in [1.165, 1.54) is 77.0 Å². The molecule has 3 rings (SSSR count). The summed E-state index contributed by atoms with van der Waals surface area (Å²) in [6, 6.07) is 8.85. The monoisotopic (exact) mass is 463 g/mol. The number of allylic oxidation sites excluding steroid dienone is 2. The summed E-state index contributed by atoms with van der Waals surface area (Å²) in [5.74, 6) is 2.97. The molecular formula is C31H45NO2. The van der Waals surface area contributed by atoms with Crippen LogP contribution >= 0.6 is 0 Å². The summed E-state index contributed by atoms with van der Waals surface area (Å²) in [5, 5.41) is 8.87. The number of nitrogens with zero attached hydrogens (tertiary/aromatic N) is 1. The summed E-state index contributed by atoms with van der Waals surface area (Å²) in [6.45, 7) is 2.29. The highest BCUT2D eigenvalue weighted by atomic mass is 16.5. The number of unbranched alkanes of at least 4 members (excludes halogenated alkanes) is 4. The van der Waals surface area contributed by atoms with E-state index in [1.54, 1.807) is 24.3 Å². The number of hydrogen-bond donors (Lipinski definition) is 0. The van der Waals surface area contributed by atoms with Crippen LogP contribution in [0.4, 0.5) is 0 Å². The molecule has 0 amide bonds. The van der Waals surface area contributed by atoms with Gasteiger partial charge in [0.25, 0.3) is 0 Å². The van der Waals surface area contributed by atoms with Gasteiger partial charge in [0.05, 0.1) is 17.6 Å². The minimum Gasteiger partial charge on any atom is -0.426 e. The molecule has 0 unspecified atom stereocenters. The molecule has 0 spiro atoms. The number of carbonyl (C=O) groups excluding carboxylic acids is 1. The lowest BCUT2D eigenvalue weighted by Crippen LogP contribution is -2.25.